The number of ether oxygens (including phenoxy) is 19. The Hall–Kier alpha value is -1.20. The molecule has 0 atom stereocenters. The predicted molar refractivity (Wildman–Crippen MR) is 480 cm³/mol. The predicted octanol–water partition coefficient (Wildman–Crippen LogP) is 6.75. The summed E-state index contributed by atoms with van der Waals surface area (Å²) in [5.74, 6) is 1.95. The Morgan fingerprint density at radius 2 is 0.466 bits per heavy atom. The summed E-state index contributed by atoms with van der Waals surface area (Å²) in [7, 11) is 34.9. The molecule has 5 saturated heterocycles. The van der Waals surface area contributed by atoms with Crippen LogP contribution in [0.1, 0.15) is 104 Å². The summed E-state index contributed by atoms with van der Waals surface area (Å²) in [6.07, 6.45) is 17.3. The second-order valence-corrected chi connectivity index (χ2v) is 29.0. The van der Waals surface area contributed by atoms with Gasteiger partial charge in [-0.15, -0.1) is 0 Å². The van der Waals surface area contributed by atoms with Crippen LogP contribution in [0.5, 0.6) is 0 Å². The highest BCUT2D eigenvalue weighted by Gasteiger charge is 2.22. The molecule has 0 spiro atoms. The largest absolute Gasteiger partial charge is 0.385 e. The van der Waals surface area contributed by atoms with Crippen LogP contribution in [-0.2, 0) is 90.0 Å². The number of piperazine rings is 3. The first-order valence-electron chi connectivity index (χ1n) is 44.1. The second kappa shape index (κ2) is 114. The molecule has 0 aliphatic carbocycles. The third-order valence-corrected chi connectivity index (χ3v) is 18.9. The third kappa shape index (κ3) is 111. The van der Waals surface area contributed by atoms with Crippen LogP contribution >= 0.6 is 0 Å². The molecule has 3 N–H and O–H groups in total. The van der Waals surface area contributed by atoms with Gasteiger partial charge in [-0.1, -0.05) is 59.3 Å². The molecule has 30 nitrogen and oxygen atoms in total. The summed E-state index contributed by atoms with van der Waals surface area (Å²) in [5, 5.41) is 9.15. The monoisotopic (exact) mass is 1690 g/mol. The van der Waals surface area contributed by atoms with Crippen LogP contribution in [0.15, 0.2) is 0 Å². The van der Waals surface area contributed by atoms with E-state index in [9.17, 15) is 0 Å². The molecule has 0 bridgehead atoms. The number of piperidine rings is 2. The molecular weight excluding hydrogens is 1490 g/mol. The van der Waals surface area contributed by atoms with E-state index < -0.39 is 0 Å². The molecule has 0 aromatic heterocycles. The number of nitrogens with zero attached hydrogens (tertiary/aromatic N) is 8. The van der Waals surface area contributed by atoms with Crippen LogP contribution in [-0.4, -0.2) is 496 Å². The Morgan fingerprint density at radius 3 is 0.750 bits per heavy atom. The molecular formula is C86H195N11O19. The van der Waals surface area contributed by atoms with E-state index in [0.29, 0.717) is 132 Å². The third-order valence-electron chi connectivity index (χ3n) is 18.9. The zero-order valence-electron chi connectivity index (χ0n) is 79.8. The molecule has 30 heteroatoms. The standard InChI is InChI=1S/C12H25N3.C10H22N2O2.C10H21NO.C10H22O5.C8H18N2O.C8H18O4.C7H16.C6H14O3.C5H14N2.C5H13NO.C5H12O2/c1-13-5-3-12(4-6-13)11-15-9-7-14(2)8-10-15;1-11-3-5-12(6-4-11)7-8-14-10-9-13-2;1-3-10-4-6-11(7-5-10)8-9-12-2;1-11-3-5-13-7-9-15-10-8-14-6-4-12-2;1-9-3-5-10(6-4-9)7-8-11-2;1-9-3-5-11-7-8-12-6-4-10-2;1-3-5-7-6-4-2;1-7-3-5-9-6-4-8-2;3*1-6-4-3-5-7-2/h12H,3-11H2,1-2H3;3-10H2,1-2H3;10H,3-9H2,1-2H3;3-10H2,1-2H3;3-8H2,1-2H3;3-8H2,1-2H3;3-7H2,1-2H3;3-6H2,1-2H3;6-7H,3-5H2,1-2H3;6H,3-5H2,1-2H3;3-5H2,1-2H3. The van der Waals surface area contributed by atoms with Gasteiger partial charge in [0.05, 0.1) is 152 Å². The van der Waals surface area contributed by atoms with Gasteiger partial charge in [0.15, 0.2) is 0 Å². The van der Waals surface area contributed by atoms with Crippen LogP contribution in [0.2, 0.25) is 0 Å². The van der Waals surface area contributed by atoms with E-state index in [-0.39, 0.29) is 0 Å². The van der Waals surface area contributed by atoms with Gasteiger partial charge in [-0.3, -0.25) is 9.80 Å². The number of hydrogen-bond donors (Lipinski definition) is 3. The van der Waals surface area contributed by atoms with Gasteiger partial charge < -0.3 is 135 Å². The van der Waals surface area contributed by atoms with E-state index in [2.05, 4.69) is 104 Å². The first kappa shape index (κ1) is 126. The van der Waals surface area contributed by atoms with Crippen LogP contribution in [0.25, 0.3) is 0 Å². The van der Waals surface area contributed by atoms with Crippen LogP contribution < -0.4 is 16.0 Å². The molecule has 0 amide bonds. The molecule has 0 aromatic carbocycles. The minimum absolute atomic E-state index is 0.595. The van der Waals surface area contributed by atoms with Gasteiger partial charge in [-0.05, 0) is 152 Å². The molecule has 5 heterocycles. The van der Waals surface area contributed by atoms with Crippen molar-refractivity contribution in [3.8, 4) is 0 Å². The fourth-order valence-electron chi connectivity index (χ4n) is 11.0. The minimum atomic E-state index is 0.595. The second-order valence-electron chi connectivity index (χ2n) is 29.0. The van der Waals surface area contributed by atoms with Gasteiger partial charge in [0, 0.05) is 210 Å². The van der Waals surface area contributed by atoms with E-state index >= 15 is 0 Å². The van der Waals surface area contributed by atoms with Crippen molar-refractivity contribution in [1.82, 2.24) is 55.1 Å². The summed E-state index contributed by atoms with van der Waals surface area (Å²) in [6, 6.07) is 0. The van der Waals surface area contributed by atoms with E-state index in [4.69, 9.17) is 90.0 Å². The molecule has 0 aromatic rings. The van der Waals surface area contributed by atoms with Crippen molar-refractivity contribution in [2.45, 2.75) is 104 Å². The Bertz CT molecular complexity index is 1540. The molecule has 5 aliphatic heterocycles. The van der Waals surface area contributed by atoms with Crippen molar-refractivity contribution in [3.63, 3.8) is 0 Å². The SMILES string of the molecule is CCC1CCN(CCOC)CC1.CCCCCCC.CN1CCC(CN2CCN(C)CC2)CC1.CNCCCNC.CNCCCOC.COCCCOC.COCCN1CCN(C)CC1.COCCOCCN1CCN(C)CC1.COCCOCCOC.COCCOCCOCCOC.COCCOCCOCCOCCOC. The fraction of sp³-hybridized carbons (Fsp3) is 1.00. The van der Waals surface area contributed by atoms with Gasteiger partial charge in [-0.25, -0.2) is 0 Å². The van der Waals surface area contributed by atoms with Crippen molar-refractivity contribution in [3.05, 3.63) is 0 Å². The lowest BCUT2D eigenvalue weighted by atomic mass is 9.94. The number of unbranched alkanes of at least 4 members (excludes halogenated alkanes) is 4. The summed E-state index contributed by atoms with van der Waals surface area (Å²) in [4.78, 5) is 19.7. The van der Waals surface area contributed by atoms with Gasteiger partial charge in [0.2, 0.25) is 0 Å². The van der Waals surface area contributed by atoms with Gasteiger partial charge in [-0.2, -0.15) is 0 Å². The van der Waals surface area contributed by atoms with Crippen molar-refractivity contribution < 1.29 is 90.0 Å². The Morgan fingerprint density at radius 1 is 0.224 bits per heavy atom. The number of likely N-dealkylation sites (N-methyl/N-ethyl adjacent to an activating group) is 3. The van der Waals surface area contributed by atoms with Crippen molar-refractivity contribution in [2.24, 2.45) is 11.8 Å². The van der Waals surface area contributed by atoms with Crippen LogP contribution in [0.3, 0.4) is 0 Å². The highest BCUT2D eigenvalue weighted by Crippen LogP contribution is 2.20. The highest BCUT2D eigenvalue weighted by molar-refractivity contribution is 4.77. The molecule has 5 fully saturated rings. The topological polar surface area (TPSA) is 237 Å². The lowest BCUT2D eigenvalue weighted by Crippen LogP contribution is -2.47. The first-order valence-corrected chi connectivity index (χ1v) is 44.1. The smallest absolute Gasteiger partial charge is 0.0701 e. The lowest BCUT2D eigenvalue weighted by molar-refractivity contribution is -0.00380. The molecule has 116 heavy (non-hydrogen) atoms. The molecule has 5 rings (SSSR count). The minimum Gasteiger partial charge on any atom is -0.385 e. The molecule has 0 unspecified atom stereocenters. The number of methoxy groups -OCH3 is 12. The summed E-state index contributed by atoms with van der Waals surface area (Å²) in [5.41, 5.74) is 0. The number of nitrogens with one attached hydrogen (secondary N) is 3. The Kier molecular flexibility index (Phi) is 123. The maximum absolute atomic E-state index is 5.42. The number of likely N-dealkylation sites (tertiary alicyclic amines) is 2. The average molecular weight is 1690 g/mol. The van der Waals surface area contributed by atoms with Crippen LogP contribution in [0, 0.1) is 11.8 Å². The highest BCUT2D eigenvalue weighted by atomic mass is 16.6. The molecule has 708 valence electrons. The fourth-order valence-corrected chi connectivity index (χ4v) is 11.0. The average Bonchev–Trinajstić information content (AvgIpc) is 0.877. The summed E-state index contributed by atoms with van der Waals surface area (Å²) >= 11 is 0. The Balaban J connectivity index is -0.000000290. The maximum Gasteiger partial charge on any atom is 0.0701 e. The van der Waals surface area contributed by atoms with E-state index in [1.165, 1.54) is 182 Å². The van der Waals surface area contributed by atoms with Crippen LogP contribution in [0.4, 0.5) is 0 Å². The van der Waals surface area contributed by atoms with Crippen molar-refractivity contribution in [2.75, 3.05) is 457 Å². The van der Waals surface area contributed by atoms with E-state index in [1.54, 1.807) is 85.3 Å². The van der Waals surface area contributed by atoms with Gasteiger partial charge >= 0.3 is 0 Å². The van der Waals surface area contributed by atoms with Gasteiger partial charge in [0.1, 0.15) is 0 Å². The number of hydrogen-bond acceptors (Lipinski definition) is 30. The van der Waals surface area contributed by atoms with E-state index in [1.807, 2.05) is 21.1 Å². The maximum atomic E-state index is 5.42. The molecule has 0 saturated carbocycles. The van der Waals surface area contributed by atoms with Crippen molar-refractivity contribution >= 4 is 0 Å². The first-order chi connectivity index (χ1) is 56.7. The molecule has 0 radical (unpaired) electrons. The van der Waals surface area contributed by atoms with Gasteiger partial charge in [0.25, 0.3) is 0 Å². The zero-order chi connectivity index (χ0) is 87.2. The van der Waals surface area contributed by atoms with E-state index in [0.717, 1.165) is 104 Å². The number of rotatable bonds is 58. The Labute approximate surface area is 715 Å². The zero-order valence-corrected chi connectivity index (χ0v) is 79.8. The normalized spacial score (nSPS) is 16.0. The summed E-state index contributed by atoms with van der Waals surface area (Å²) in [6.45, 7) is 52.1. The lowest BCUT2D eigenvalue weighted by Gasteiger charge is -2.37. The molecule has 5 aliphatic rings. The quantitative estimate of drug-likeness (QED) is 0.0534. The summed E-state index contributed by atoms with van der Waals surface area (Å²) < 4.78 is 94.6. The van der Waals surface area contributed by atoms with Crippen molar-refractivity contribution in [1.29, 1.82) is 0 Å².